The molecule has 3 N–H and O–H groups in total. The second kappa shape index (κ2) is 10.9. The van der Waals surface area contributed by atoms with Crippen molar-refractivity contribution in [3.05, 3.63) is 64.7 Å². The molecule has 0 radical (unpaired) electrons. The number of carbonyl (C=O) groups is 1. The van der Waals surface area contributed by atoms with Gasteiger partial charge in [-0.05, 0) is 49.4 Å². The van der Waals surface area contributed by atoms with Crippen molar-refractivity contribution in [2.45, 2.75) is 37.1 Å². The van der Waals surface area contributed by atoms with Gasteiger partial charge in [-0.2, -0.15) is 5.26 Å². The topological polar surface area (TPSA) is 98.5 Å². The second-order valence-electron chi connectivity index (χ2n) is 7.90. The van der Waals surface area contributed by atoms with Crippen LogP contribution in [0.5, 0.6) is 5.75 Å². The molecule has 1 fully saturated rings. The standard InChI is InChI=1S/C24H28ClN5O2/c1-27-23(29-16-26)30-19-10-12-24(13-11-19,17-6-4-3-5-7-17)15-28-22(31)20-14-18(25)8-9-21(20)32-2/h3-9,14,19H,10-13,15H2,1-2H3,(H,28,31)(H2,27,29,30)/t19-,24-. The summed E-state index contributed by atoms with van der Waals surface area (Å²) in [6.07, 6.45) is 5.34. The molecule has 1 aliphatic rings. The molecule has 0 atom stereocenters. The van der Waals surface area contributed by atoms with Gasteiger partial charge in [-0.3, -0.25) is 4.79 Å². The number of carbonyl (C=O) groups excluding carboxylic acids is 1. The van der Waals surface area contributed by atoms with Crippen LogP contribution in [0.1, 0.15) is 41.6 Å². The Morgan fingerprint density at radius 2 is 1.97 bits per heavy atom. The summed E-state index contributed by atoms with van der Waals surface area (Å²) in [6.45, 7) is 0.503. The number of aliphatic imine (C=N–C) groups is 1. The van der Waals surface area contributed by atoms with Crippen LogP contribution in [0.2, 0.25) is 5.02 Å². The molecule has 0 bridgehead atoms. The van der Waals surface area contributed by atoms with Crippen LogP contribution in [0.15, 0.2) is 53.5 Å². The first-order valence-corrected chi connectivity index (χ1v) is 11.0. The fourth-order valence-electron chi connectivity index (χ4n) is 4.28. The molecule has 2 aromatic carbocycles. The Hall–Kier alpha value is -3.24. The van der Waals surface area contributed by atoms with Gasteiger partial charge in [0.25, 0.3) is 5.91 Å². The number of rotatable bonds is 6. The fraction of sp³-hybridized carbons (Fsp3) is 0.375. The molecule has 3 rings (SSSR count). The number of nitrogens with one attached hydrogen (secondary N) is 3. The van der Waals surface area contributed by atoms with Gasteiger partial charge >= 0.3 is 0 Å². The molecule has 0 unspecified atom stereocenters. The molecule has 1 aliphatic carbocycles. The van der Waals surface area contributed by atoms with E-state index in [1.165, 1.54) is 12.7 Å². The molecule has 2 aromatic rings. The summed E-state index contributed by atoms with van der Waals surface area (Å²) in [7, 11) is 3.27. The zero-order chi connectivity index (χ0) is 23.0. The van der Waals surface area contributed by atoms with Gasteiger partial charge in [0.1, 0.15) is 5.75 Å². The molecule has 8 heteroatoms. The average Bonchev–Trinajstić information content (AvgIpc) is 2.83. The number of ether oxygens (including phenoxy) is 1. The van der Waals surface area contributed by atoms with Crippen LogP contribution in [0.25, 0.3) is 0 Å². The van der Waals surface area contributed by atoms with Crippen LogP contribution >= 0.6 is 11.6 Å². The first-order chi connectivity index (χ1) is 15.5. The van der Waals surface area contributed by atoms with E-state index >= 15 is 0 Å². The molecule has 1 saturated carbocycles. The van der Waals surface area contributed by atoms with Crippen molar-refractivity contribution < 1.29 is 9.53 Å². The van der Waals surface area contributed by atoms with Gasteiger partial charge in [0.05, 0.1) is 12.7 Å². The Balaban J connectivity index is 1.76. The summed E-state index contributed by atoms with van der Waals surface area (Å²) >= 11 is 6.10. The molecule has 0 aliphatic heterocycles. The van der Waals surface area contributed by atoms with Crippen LogP contribution in [-0.4, -0.2) is 38.6 Å². The summed E-state index contributed by atoms with van der Waals surface area (Å²) in [4.78, 5) is 16.8. The normalized spacial score (nSPS) is 20.7. The predicted molar refractivity (Wildman–Crippen MR) is 126 cm³/mol. The van der Waals surface area contributed by atoms with Gasteiger partial charge in [0.2, 0.25) is 12.2 Å². The van der Waals surface area contributed by atoms with Crippen molar-refractivity contribution in [3.8, 4) is 11.9 Å². The van der Waals surface area contributed by atoms with Crippen LogP contribution in [0.3, 0.4) is 0 Å². The molecular weight excluding hydrogens is 426 g/mol. The van der Waals surface area contributed by atoms with Crippen LogP contribution in [-0.2, 0) is 5.41 Å². The molecule has 0 aromatic heterocycles. The zero-order valence-electron chi connectivity index (χ0n) is 18.3. The highest BCUT2D eigenvalue weighted by Gasteiger charge is 2.37. The van der Waals surface area contributed by atoms with Crippen LogP contribution in [0.4, 0.5) is 0 Å². The van der Waals surface area contributed by atoms with Gasteiger partial charge in [-0.15, -0.1) is 4.99 Å². The van der Waals surface area contributed by atoms with E-state index in [0.29, 0.717) is 28.8 Å². The average molecular weight is 454 g/mol. The number of hydrogen-bond donors (Lipinski definition) is 3. The van der Waals surface area contributed by atoms with Crippen LogP contribution < -0.4 is 20.7 Å². The van der Waals surface area contributed by atoms with Gasteiger partial charge in [-0.25, -0.2) is 0 Å². The molecule has 0 heterocycles. The zero-order valence-corrected chi connectivity index (χ0v) is 19.1. The number of hydrogen-bond acceptors (Lipinski definition) is 4. The molecule has 168 valence electrons. The maximum atomic E-state index is 13.0. The molecule has 0 saturated heterocycles. The van der Waals surface area contributed by atoms with E-state index in [-0.39, 0.29) is 17.4 Å². The number of guanidine groups is 1. The lowest BCUT2D eigenvalue weighted by Crippen LogP contribution is -2.49. The molecular formula is C24H28ClN5O2. The van der Waals surface area contributed by atoms with Crippen molar-refractivity contribution in [1.29, 1.82) is 5.26 Å². The van der Waals surface area contributed by atoms with Crippen LogP contribution in [0, 0.1) is 11.5 Å². The lowest BCUT2D eigenvalue weighted by atomic mass is 9.68. The number of amides is 1. The van der Waals surface area contributed by atoms with Gasteiger partial charge < -0.3 is 20.7 Å². The Morgan fingerprint density at radius 1 is 1.25 bits per heavy atom. The second-order valence-corrected chi connectivity index (χ2v) is 8.34. The van der Waals surface area contributed by atoms with Crippen molar-refractivity contribution in [1.82, 2.24) is 16.0 Å². The number of methoxy groups -OCH3 is 1. The van der Waals surface area contributed by atoms with Crippen molar-refractivity contribution in [2.75, 3.05) is 20.7 Å². The highest BCUT2D eigenvalue weighted by atomic mass is 35.5. The molecule has 1 amide bonds. The van der Waals surface area contributed by atoms with Crippen molar-refractivity contribution >= 4 is 23.5 Å². The third-order valence-corrected chi connectivity index (χ3v) is 6.30. The number of halogens is 1. The third-order valence-electron chi connectivity index (χ3n) is 6.06. The summed E-state index contributed by atoms with van der Waals surface area (Å²) < 4.78 is 5.34. The molecule has 7 nitrogen and oxygen atoms in total. The summed E-state index contributed by atoms with van der Waals surface area (Å²) in [5.74, 6) is 0.759. The Bertz CT molecular complexity index is 995. The van der Waals surface area contributed by atoms with Crippen molar-refractivity contribution in [2.24, 2.45) is 4.99 Å². The summed E-state index contributed by atoms with van der Waals surface area (Å²) in [6, 6.07) is 15.5. The molecule has 32 heavy (non-hydrogen) atoms. The maximum absolute atomic E-state index is 13.0. The lowest BCUT2D eigenvalue weighted by Gasteiger charge is -2.41. The minimum absolute atomic E-state index is 0.187. The largest absolute Gasteiger partial charge is 0.496 e. The Labute approximate surface area is 193 Å². The lowest BCUT2D eigenvalue weighted by molar-refractivity contribution is 0.0932. The van der Waals surface area contributed by atoms with E-state index in [9.17, 15) is 4.79 Å². The Morgan fingerprint density at radius 3 is 2.59 bits per heavy atom. The van der Waals surface area contributed by atoms with Gasteiger partial charge in [-0.1, -0.05) is 41.9 Å². The summed E-state index contributed by atoms with van der Waals surface area (Å²) in [5, 5.41) is 18.6. The van der Waals surface area contributed by atoms with Gasteiger partial charge in [0.15, 0.2) is 0 Å². The molecule has 0 spiro atoms. The van der Waals surface area contributed by atoms with E-state index in [1.54, 1.807) is 25.2 Å². The van der Waals surface area contributed by atoms with E-state index in [0.717, 1.165) is 25.7 Å². The first kappa shape index (κ1) is 23.4. The Kier molecular flexibility index (Phi) is 7.96. The van der Waals surface area contributed by atoms with E-state index in [2.05, 4.69) is 33.1 Å². The SMILES string of the molecule is CN/C(=N\C#N)N[C@H]1CC[C@](CNC(=O)c2cc(Cl)ccc2OC)(c2ccccc2)CC1. The van der Waals surface area contributed by atoms with Gasteiger partial charge in [0, 0.05) is 30.1 Å². The maximum Gasteiger partial charge on any atom is 0.255 e. The van der Waals surface area contributed by atoms with Crippen molar-refractivity contribution in [3.63, 3.8) is 0 Å². The number of nitriles is 1. The third kappa shape index (κ3) is 5.51. The number of benzene rings is 2. The van der Waals surface area contributed by atoms with E-state index in [1.807, 2.05) is 24.4 Å². The summed E-state index contributed by atoms with van der Waals surface area (Å²) in [5.41, 5.74) is 1.44. The minimum Gasteiger partial charge on any atom is -0.496 e. The monoisotopic (exact) mass is 453 g/mol. The quantitative estimate of drug-likeness (QED) is 0.352. The number of nitrogens with zero attached hydrogens (tertiary/aromatic N) is 2. The van der Waals surface area contributed by atoms with E-state index in [4.69, 9.17) is 21.6 Å². The highest BCUT2D eigenvalue weighted by Crippen LogP contribution is 2.39. The predicted octanol–water partition coefficient (Wildman–Crippen LogP) is 3.61. The fourth-order valence-corrected chi connectivity index (χ4v) is 4.45. The first-order valence-electron chi connectivity index (χ1n) is 10.6. The highest BCUT2D eigenvalue weighted by molar-refractivity contribution is 6.31. The van der Waals surface area contributed by atoms with E-state index < -0.39 is 0 Å². The smallest absolute Gasteiger partial charge is 0.255 e. The minimum atomic E-state index is -0.210.